The fourth-order valence-corrected chi connectivity index (χ4v) is 3.30. The van der Waals surface area contributed by atoms with E-state index in [2.05, 4.69) is 36.7 Å². The van der Waals surface area contributed by atoms with E-state index in [-0.39, 0.29) is 13.0 Å². The fourth-order valence-electron chi connectivity index (χ4n) is 3.30. The van der Waals surface area contributed by atoms with Gasteiger partial charge in [-0.15, -0.1) is 5.10 Å². The number of fused-ring (bicyclic) bond motifs is 1. The van der Waals surface area contributed by atoms with Gasteiger partial charge in [-0.25, -0.2) is 4.98 Å². The summed E-state index contributed by atoms with van der Waals surface area (Å²) in [6, 6.07) is 7.10. The second-order valence-corrected chi connectivity index (χ2v) is 7.32. The van der Waals surface area contributed by atoms with Crippen LogP contribution in [0.5, 0.6) is 5.75 Å². The Morgan fingerprint density at radius 3 is 2.94 bits per heavy atom. The predicted molar refractivity (Wildman–Crippen MR) is 119 cm³/mol. The predicted octanol–water partition coefficient (Wildman–Crippen LogP) is 1.80. The Morgan fingerprint density at radius 1 is 1.31 bits per heavy atom. The van der Waals surface area contributed by atoms with Gasteiger partial charge in [-0.1, -0.05) is 11.3 Å². The minimum atomic E-state index is -0.902. The highest BCUT2D eigenvalue weighted by atomic mass is 16.5. The Hall–Kier alpha value is -3.86. The summed E-state index contributed by atoms with van der Waals surface area (Å²) < 4.78 is 7.03. The number of aliphatic carboxylic acids is 1. The first kappa shape index (κ1) is 21.4. The van der Waals surface area contributed by atoms with Crippen molar-refractivity contribution in [3.63, 3.8) is 0 Å². The summed E-state index contributed by atoms with van der Waals surface area (Å²) in [5, 5.41) is 20.2. The number of anilines is 1. The number of carbonyl (C=O) groups is 1. The van der Waals surface area contributed by atoms with Crippen molar-refractivity contribution in [2.24, 2.45) is 16.6 Å². The van der Waals surface area contributed by atoms with E-state index in [9.17, 15) is 4.79 Å². The van der Waals surface area contributed by atoms with Crippen molar-refractivity contribution in [3.8, 4) is 11.4 Å². The van der Waals surface area contributed by atoms with Crippen molar-refractivity contribution in [2.75, 3.05) is 25.0 Å². The first-order chi connectivity index (χ1) is 15.6. The van der Waals surface area contributed by atoms with Gasteiger partial charge in [0.2, 0.25) is 5.95 Å². The number of nitrogens with two attached hydrogens (primary N) is 1. The van der Waals surface area contributed by atoms with Crippen LogP contribution in [-0.4, -0.2) is 61.9 Å². The molecule has 1 aliphatic heterocycles. The first-order valence-electron chi connectivity index (χ1n) is 10.3. The minimum absolute atomic E-state index is 0.0585. The van der Waals surface area contributed by atoms with E-state index in [1.54, 1.807) is 41.4 Å². The van der Waals surface area contributed by atoms with Crippen LogP contribution in [0.25, 0.3) is 16.9 Å². The van der Waals surface area contributed by atoms with Crippen LogP contribution in [0, 0.1) is 5.92 Å². The zero-order valence-electron chi connectivity index (χ0n) is 17.4. The molecule has 0 aliphatic carbocycles. The summed E-state index contributed by atoms with van der Waals surface area (Å²) in [7, 11) is 0. The van der Waals surface area contributed by atoms with Crippen molar-refractivity contribution in [1.29, 1.82) is 0 Å². The first-order valence-corrected chi connectivity index (χ1v) is 10.3. The number of dihydropyridines is 1. The number of nitrogens with one attached hydrogen (secondary N) is 1. The summed E-state index contributed by atoms with van der Waals surface area (Å²) >= 11 is 0. The number of carboxylic acids is 1. The number of nitrogens with zero attached hydrogens (tertiary/aromatic N) is 6. The van der Waals surface area contributed by atoms with Crippen molar-refractivity contribution in [1.82, 2.24) is 25.0 Å². The molecule has 11 heteroatoms. The summed E-state index contributed by atoms with van der Waals surface area (Å²) in [6.45, 7) is 1.54. The van der Waals surface area contributed by atoms with Gasteiger partial charge in [0.15, 0.2) is 11.2 Å². The number of carboxylic acid groups (broad SMARTS) is 1. The van der Waals surface area contributed by atoms with Crippen LogP contribution < -0.4 is 15.8 Å². The SMILES string of the molecule is NCCCC1C=C(Nc2ncc3nnn(-c4ccc(OCCC(=O)O)cc4)c3n2)C=NC1. The number of aliphatic imine (C=N–C) groups is 1. The number of allylic oxidation sites excluding steroid dienone is 1. The Bertz CT molecular complexity index is 1140. The molecule has 1 atom stereocenters. The lowest BCUT2D eigenvalue weighted by atomic mass is 10.0. The van der Waals surface area contributed by atoms with Crippen molar-refractivity contribution in [2.45, 2.75) is 19.3 Å². The molecule has 0 saturated carbocycles. The summed E-state index contributed by atoms with van der Waals surface area (Å²) in [6.07, 6.45) is 7.42. The maximum absolute atomic E-state index is 10.6. The maximum Gasteiger partial charge on any atom is 0.306 e. The fraction of sp³-hybridized carbons (Fsp3) is 0.333. The van der Waals surface area contributed by atoms with Crippen molar-refractivity contribution in [3.05, 3.63) is 42.2 Å². The Labute approximate surface area is 184 Å². The molecular weight excluding hydrogens is 412 g/mol. The van der Waals surface area contributed by atoms with Gasteiger partial charge in [-0.2, -0.15) is 9.67 Å². The monoisotopic (exact) mass is 436 g/mol. The smallest absolute Gasteiger partial charge is 0.306 e. The second kappa shape index (κ2) is 9.96. The Balaban J connectivity index is 1.50. The van der Waals surface area contributed by atoms with Gasteiger partial charge in [-0.3, -0.25) is 9.79 Å². The van der Waals surface area contributed by atoms with E-state index in [1.807, 2.05) is 0 Å². The van der Waals surface area contributed by atoms with Crippen LogP contribution in [0.2, 0.25) is 0 Å². The second-order valence-electron chi connectivity index (χ2n) is 7.32. The molecule has 32 heavy (non-hydrogen) atoms. The average Bonchev–Trinajstić information content (AvgIpc) is 3.21. The third kappa shape index (κ3) is 5.24. The normalized spacial score (nSPS) is 15.5. The standard InChI is InChI=1S/C21H24N8O3/c22-8-1-2-14-10-15(12-23-11-14)25-21-24-13-18-20(26-21)29(28-27-18)16-3-5-17(6-4-16)32-9-7-19(30)31/h3-6,10,12-14H,1-2,7-9,11,22H2,(H,30,31)(H,24,25,26). The molecule has 1 aromatic carbocycles. The zero-order valence-corrected chi connectivity index (χ0v) is 17.4. The third-order valence-electron chi connectivity index (χ3n) is 4.88. The van der Waals surface area contributed by atoms with Gasteiger partial charge in [-0.05, 0) is 49.6 Å². The molecule has 0 amide bonds. The molecule has 4 N–H and O–H groups in total. The topological polar surface area (TPSA) is 153 Å². The summed E-state index contributed by atoms with van der Waals surface area (Å²) in [5.41, 5.74) is 8.31. The van der Waals surface area contributed by atoms with Gasteiger partial charge >= 0.3 is 5.97 Å². The highest BCUT2D eigenvalue weighted by Crippen LogP contribution is 2.20. The van der Waals surface area contributed by atoms with E-state index in [1.165, 1.54) is 0 Å². The van der Waals surface area contributed by atoms with Gasteiger partial charge in [0.05, 0.1) is 30.6 Å². The maximum atomic E-state index is 10.6. The summed E-state index contributed by atoms with van der Waals surface area (Å²) in [5.74, 6) is 0.440. The number of hydrogen-bond donors (Lipinski definition) is 3. The molecule has 0 bridgehead atoms. The van der Waals surface area contributed by atoms with Crippen molar-refractivity contribution >= 4 is 29.3 Å². The molecule has 166 valence electrons. The molecule has 11 nitrogen and oxygen atoms in total. The molecule has 0 spiro atoms. The largest absolute Gasteiger partial charge is 0.493 e. The molecule has 0 radical (unpaired) electrons. The highest BCUT2D eigenvalue weighted by Gasteiger charge is 2.14. The lowest BCUT2D eigenvalue weighted by Gasteiger charge is -2.16. The van der Waals surface area contributed by atoms with Crippen LogP contribution in [0.15, 0.2) is 47.2 Å². The van der Waals surface area contributed by atoms with Gasteiger partial charge < -0.3 is 20.9 Å². The quantitative estimate of drug-likeness (QED) is 0.431. The zero-order chi connectivity index (χ0) is 22.3. The number of ether oxygens (including phenoxy) is 1. The lowest BCUT2D eigenvalue weighted by molar-refractivity contribution is -0.137. The molecule has 0 saturated heterocycles. The molecule has 3 heterocycles. The van der Waals surface area contributed by atoms with E-state index in [4.69, 9.17) is 15.6 Å². The third-order valence-corrected chi connectivity index (χ3v) is 4.88. The van der Waals surface area contributed by atoms with Crippen LogP contribution in [0.3, 0.4) is 0 Å². The van der Waals surface area contributed by atoms with Gasteiger partial charge in [0, 0.05) is 12.8 Å². The van der Waals surface area contributed by atoms with Crippen LogP contribution in [0.1, 0.15) is 19.3 Å². The molecule has 1 unspecified atom stereocenters. The van der Waals surface area contributed by atoms with Gasteiger partial charge in [0.1, 0.15) is 5.75 Å². The van der Waals surface area contributed by atoms with Crippen molar-refractivity contribution < 1.29 is 14.6 Å². The Kier molecular flexibility index (Phi) is 6.66. The molecule has 0 fully saturated rings. The van der Waals surface area contributed by atoms with Gasteiger partial charge in [0.25, 0.3) is 0 Å². The average molecular weight is 436 g/mol. The molecular formula is C21H24N8O3. The number of hydrogen-bond acceptors (Lipinski definition) is 9. The summed E-state index contributed by atoms with van der Waals surface area (Å²) in [4.78, 5) is 23.9. The van der Waals surface area contributed by atoms with E-state index >= 15 is 0 Å². The number of aromatic nitrogens is 5. The van der Waals surface area contributed by atoms with E-state index < -0.39 is 5.97 Å². The van der Waals surface area contributed by atoms with Crippen LogP contribution in [-0.2, 0) is 4.79 Å². The molecule has 2 aromatic heterocycles. The Morgan fingerprint density at radius 2 is 2.16 bits per heavy atom. The van der Waals surface area contributed by atoms with E-state index in [0.29, 0.717) is 35.3 Å². The number of benzene rings is 1. The minimum Gasteiger partial charge on any atom is -0.493 e. The van der Waals surface area contributed by atoms with Crippen LogP contribution >= 0.6 is 0 Å². The lowest BCUT2D eigenvalue weighted by Crippen LogP contribution is -2.15. The number of rotatable bonds is 10. The van der Waals surface area contributed by atoms with Crippen LogP contribution in [0.4, 0.5) is 5.95 Å². The molecule has 4 rings (SSSR count). The molecule has 1 aliphatic rings. The highest BCUT2D eigenvalue weighted by molar-refractivity contribution is 5.83. The molecule has 3 aromatic rings. The van der Waals surface area contributed by atoms with E-state index in [0.717, 1.165) is 30.8 Å².